The topological polar surface area (TPSA) is 47.6 Å². The molecule has 2 rings (SSSR count). The predicted molar refractivity (Wildman–Crippen MR) is 102 cm³/mol. The summed E-state index contributed by atoms with van der Waals surface area (Å²) >= 11 is 0. The normalized spacial score (nSPS) is 13.0. The van der Waals surface area contributed by atoms with Gasteiger partial charge < -0.3 is 14.8 Å². The molecule has 0 heterocycles. The van der Waals surface area contributed by atoms with Crippen LogP contribution in [0.4, 0.5) is 18.9 Å². The Labute approximate surface area is 162 Å². The number of amides is 1. The standard InChI is InChI=1S/C21H24F3NO3/c1-5-18(27-16-10-6-14(7-11-16)20(2,3)4)19(26)25-15-8-12-17(13-9-15)28-21(22,23)24/h6-13,18H,5H2,1-4H3,(H,25,26)/t18-/m1/s1. The van der Waals surface area contributed by atoms with Crippen LogP contribution in [0.25, 0.3) is 0 Å². The molecule has 2 aromatic carbocycles. The minimum atomic E-state index is -4.76. The molecule has 0 aromatic heterocycles. The van der Waals surface area contributed by atoms with Crippen LogP contribution in [0.5, 0.6) is 11.5 Å². The fourth-order valence-corrected chi connectivity index (χ4v) is 2.48. The fourth-order valence-electron chi connectivity index (χ4n) is 2.48. The summed E-state index contributed by atoms with van der Waals surface area (Å²) in [6.45, 7) is 8.14. The maximum absolute atomic E-state index is 12.4. The van der Waals surface area contributed by atoms with Gasteiger partial charge in [0.25, 0.3) is 5.91 Å². The Morgan fingerprint density at radius 2 is 1.50 bits per heavy atom. The average molecular weight is 395 g/mol. The molecule has 0 aliphatic heterocycles. The number of alkyl halides is 3. The monoisotopic (exact) mass is 395 g/mol. The first-order valence-corrected chi connectivity index (χ1v) is 8.92. The van der Waals surface area contributed by atoms with Crippen LogP contribution in [-0.2, 0) is 10.2 Å². The molecule has 1 amide bonds. The molecule has 2 aromatic rings. The van der Waals surface area contributed by atoms with Gasteiger partial charge in [0.1, 0.15) is 11.5 Å². The van der Waals surface area contributed by atoms with E-state index in [4.69, 9.17) is 4.74 Å². The minimum absolute atomic E-state index is 0.0159. The summed E-state index contributed by atoms with van der Waals surface area (Å²) in [7, 11) is 0. The smallest absolute Gasteiger partial charge is 0.481 e. The molecule has 0 spiro atoms. The Morgan fingerprint density at radius 1 is 0.964 bits per heavy atom. The molecule has 0 saturated heterocycles. The lowest BCUT2D eigenvalue weighted by Gasteiger charge is -2.21. The highest BCUT2D eigenvalue weighted by molar-refractivity contribution is 5.94. The minimum Gasteiger partial charge on any atom is -0.481 e. The average Bonchev–Trinajstić information content (AvgIpc) is 2.59. The lowest BCUT2D eigenvalue weighted by Crippen LogP contribution is -2.32. The van der Waals surface area contributed by atoms with Crippen LogP contribution in [0.1, 0.15) is 39.7 Å². The first-order chi connectivity index (χ1) is 13.0. The Bertz CT molecular complexity index is 779. The van der Waals surface area contributed by atoms with E-state index in [1.807, 2.05) is 31.2 Å². The highest BCUT2D eigenvalue weighted by Gasteiger charge is 2.31. The Hall–Kier alpha value is -2.70. The third-order valence-electron chi connectivity index (χ3n) is 4.02. The second-order valence-corrected chi connectivity index (χ2v) is 7.35. The molecular weight excluding hydrogens is 371 g/mol. The van der Waals surface area contributed by atoms with Gasteiger partial charge in [-0.05, 0) is 53.8 Å². The third kappa shape index (κ3) is 6.48. The Morgan fingerprint density at radius 3 is 1.96 bits per heavy atom. The first-order valence-electron chi connectivity index (χ1n) is 8.92. The van der Waals surface area contributed by atoms with Crippen molar-refractivity contribution in [1.29, 1.82) is 0 Å². The molecule has 0 aliphatic carbocycles. The van der Waals surface area contributed by atoms with E-state index >= 15 is 0 Å². The summed E-state index contributed by atoms with van der Waals surface area (Å²) in [4.78, 5) is 12.4. The van der Waals surface area contributed by atoms with E-state index in [0.717, 1.165) is 17.7 Å². The zero-order valence-corrected chi connectivity index (χ0v) is 16.3. The van der Waals surface area contributed by atoms with Crippen LogP contribution in [0.15, 0.2) is 48.5 Å². The molecule has 4 nitrogen and oxygen atoms in total. The van der Waals surface area contributed by atoms with Crippen molar-refractivity contribution in [2.24, 2.45) is 0 Å². The molecule has 0 saturated carbocycles. The van der Waals surface area contributed by atoms with Crippen molar-refractivity contribution in [2.75, 3.05) is 5.32 Å². The van der Waals surface area contributed by atoms with E-state index in [1.54, 1.807) is 0 Å². The largest absolute Gasteiger partial charge is 0.573 e. The number of ether oxygens (including phenoxy) is 2. The van der Waals surface area contributed by atoms with Gasteiger partial charge >= 0.3 is 6.36 Å². The van der Waals surface area contributed by atoms with Gasteiger partial charge in [0.2, 0.25) is 0 Å². The van der Waals surface area contributed by atoms with Gasteiger partial charge in [0.15, 0.2) is 6.10 Å². The van der Waals surface area contributed by atoms with Gasteiger partial charge in [-0.2, -0.15) is 0 Å². The molecule has 152 valence electrons. The van der Waals surface area contributed by atoms with Crippen molar-refractivity contribution in [3.8, 4) is 11.5 Å². The number of anilines is 1. The highest BCUT2D eigenvalue weighted by Crippen LogP contribution is 2.26. The number of carbonyl (C=O) groups is 1. The van der Waals surface area contributed by atoms with Gasteiger partial charge in [-0.25, -0.2) is 0 Å². The SMILES string of the molecule is CC[C@@H](Oc1ccc(C(C)(C)C)cc1)C(=O)Nc1ccc(OC(F)(F)F)cc1. The zero-order chi connectivity index (χ0) is 20.9. The van der Waals surface area contributed by atoms with Crippen molar-refractivity contribution in [3.63, 3.8) is 0 Å². The van der Waals surface area contributed by atoms with Crippen LogP contribution in [0, 0.1) is 0 Å². The molecule has 0 bridgehead atoms. The number of hydrogen-bond acceptors (Lipinski definition) is 3. The summed E-state index contributed by atoms with van der Waals surface area (Å²) in [5.41, 5.74) is 1.52. The van der Waals surface area contributed by atoms with E-state index < -0.39 is 12.5 Å². The lowest BCUT2D eigenvalue weighted by molar-refractivity contribution is -0.274. The van der Waals surface area contributed by atoms with Gasteiger partial charge in [-0.15, -0.1) is 13.2 Å². The number of halogens is 3. The van der Waals surface area contributed by atoms with E-state index in [9.17, 15) is 18.0 Å². The van der Waals surface area contributed by atoms with E-state index in [2.05, 4.69) is 30.8 Å². The quantitative estimate of drug-likeness (QED) is 0.685. The Balaban J connectivity index is 1.99. The summed E-state index contributed by atoms with van der Waals surface area (Å²) in [6, 6.07) is 12.5. The summed E-state index contributed by atoms with van der Waals surface area (Å²) < 4.78 is 46.2. The van der Waals surface area contributed by atoms with Gasteiger partial charge in [0, 0.05) is 5.69 Å². The van der Waals surface area contributed by atoms with Crippen molar-refractivity contribution in [1.82, 2.24) is 0 Å². The molecule has 0 fully saturated rings. The van der Waals surface area contributed by atoms with Crippen molar-refractivity contribution >= 4 is 11.6 Å². The van der Waals surface area contributed by atoms with Crippen LogP contribution >= 0.6 is 0 Å². The van der Waals surface area contributed by atoms with Crippen LogP contribution in [0.2, 0.25) is 0 Å². The van der Waals surface area contributed by atoms with Crippen molar-refractivity contribution in [2.45, 2.75) is 52.0 Å². The Kier molecular flexibility index (Phi) is 6.59. The summed E-state index contributed by atoms with van der Waals surface area (Å²) in [5.74, 6) is -0.163. The zero-order valence-electron chi connectivity index (χ0n) is 16.3. The maximum Gasteiger partial charge on any atom is 0.573 e. The third-order valence-corrected chi connectivity index (χ3v) is 4.02. The number of hydrogen-bond donors (Lipinski definition) is 1. The molecule has 28 heavy (non-hydrogen) atoms. The highest BCUT2D eigenvalue weighted by atomic mass is 19.4. The molecular formula is C21H24F3NO3. The number of nitrogens with one attached hydrogen (secondary N) is 1. The first kappa shape index (κ1) is 21.6. The van der Waals surface area contributed by atoms with Gasteiger partial charge in [0.05, 0.1) is 0 Å². The molecule has 0 unspecified atom stereocenters. The van der Waals surface area contributed by atoms with Gasteiger partial charge in [-0.1, -0.05) is 39.8 Å². The van der Waals surface area contributed by atoms with Crippen LogP contribution in [0.3, 0.4) is 0 Å². The second kappa shape index (κ2) is 8.54. The predicted octanol–water partition coefficient (Wildman–Crippen LogP) is 5.68. The maximum atomic E-state index is 12.4. The summed E-state index contributed by atoms with van der Waals surface area (Å²) in [5, 5.41) is 2.64. The molecule has 7 heteroatoms. The number of carbonyl (C=O) groups excluding carboxylic acids is 1. The lowest BCUT2D eigenvalue weighted by atomic mass is 9.87. The van der Waals surface area contributed by atoms with Gasteiger partial charge in [-0.3, -0.25) is 4.79 Å². The molecule has 1 atom stereocenters. The second-order valence-electron chi connectivity index (χ2n) is 7.35. The van der Waals surface area contributed by atoms with E-state index in [-0.39, 0.29) is 17.1 Å². The fraction of sp³-hybridized carbons (Fsp3) is 0.381. The van der Waals surface area contributed by atoms with Crippen LogP contribution in [-0.4, -0.2) is 18.4 Å². The number of benzene rings is 2. The van der Waals surface area contributed by atoms with Crippen molar-refractivity contribution in [3.05, 3.63) is 54.1 Å². The molecule has 0 radical (unpaired) electrons. The number of rotatable bonds is 6. The summed E-state index contributed by atoms with van der Waals surface area (Å²) in [6.07, 6.45) is -5.05. The van der Waals surface area contributed by atoms with Crippen LogP contribution < -0.4 is 14.8 Å². The van der Waals surface area contributed by atoms with E-state index in [0.29, 0.717) is 17.9 Å². The van der Waals surface area contributed by atoms with Crippen molar-refractivity contribution < 1.29 is 27.4 Å². The molecule has 1 N–H and O–H groups in total. The molecule has 0 aliphatic rings. The van der Waals surface area contributed by atoms with E-state index in [1.165, 1.54) is 12.1 Å².